The maximum absolute atomic E-state index is 12.4. The largest absolute Gasteiger partial charge is 0.495 e. The number of morpholine rings is 1. The molecular formula is C20H23N3O4. The van der Waals surface area contributed by atoms with Gasteiger partial charge in [0.1, 0.15) is 5.75 Å². The number of amides is 2. The maximum atomic E-state index is 12.4. The highest BCUT2D eigenvalue weighted by molar-refractivity contribution is 6.44. The molecule has 0 saturated carbocycles. The predicted octanol–water partition coefficient (Wildman–Crippen LogP) is 2.42. The normalized spacial score (nSPS) is 13.8. The highest BCUT2D eigenvalue weighted by Crippen LogP contribution is 2.27. The summed E-state index contributed by atoms with van der Waals surface area (Å²) in [6.07, 6.45) is 0. The zero-order chi connectivity index (χ0) is 19.2. The van der Waals surface area contributed by atoms with E-state index in [4.69, 9.17) is 9.47 Å². The Morgan fingerprint density at radius 3 is 2.37 bits per heavy atom. The molecule has 2 aromatic rings. The molecule has 2 amide bonds. The zero-order valence-corrected chi connectivity index (χ0v) is 15.5. The van der Waals surface area contributed by atoms with Gasteiger partial charge in [0.25, 0.3) is 0 Å². The first-order valence-electron chi connectivity index (χ1n) is 8.77. The van der Waals surface area contributed by atoms with E-state index in [0.29, 0.717) is 30.3 Å². The molecular weight excluding hydrogens is 346 g/mol. The Hall–Kier alpha value is -3.06. The van der Waals surface area contributed by atoms with Crippen molar-refractivity contribution in [3.05, 3.63) is 48.0 Å². The van der Waals surface area contributed by atoms with Crippen LogP contribution in [0.3, 0.4) is 0 Å². The predicted molar refractivity (Wildman–Crippen MR) is 104 cm³/mol. The third kappa shape index (κ3) is 4.57. The number of benzene rings is 2. The fourth-order valence-corrected chi connectivity index (χ4v) is 2.94. The zero-order valence-electron chi connectivity index (χ0n) is 15.5. The first-order valence-corrected chi connectivity index (χ1v) is 8.77. The molecule has 7 heteroatoms. The minimum Gasteiger partial charge on any atom is -0.495 e. The number of para-hydroxylation sites is 2. The Morgan fingerprint density at radius 1 is 1.00 bits per heavy atom. The molecule has 0 unspecified atom stereocenters. The van der Waals surface area contributed by atoms with Gasteiger partial charge < -0.3 is 25.0 Å². The van der Waals surface area contributed by atoms with E-state index in [2.05, 4.69) is 15.5 Å². The molecule has 1 heterocycles. The average Bonchev–Trinajstić information content (AvgIpc) is 2.69. The van der Waals surface area contributed by atoms with E-state index in [-0.39, 0.29) is 0 Å². The molecule has 3 rings (SSSR count). The van der Waals surface area contributed by atoms with E-state index >= 15 is 0 Å². The molecule has 0 aliphatic carbocycles. The van der Waals surface area contributed by atoms with Crippen LogP contribution in [0.15, 0.2) is 42.5 Å². The monoisotopic (exact) mass is 369 g/mol. The molecule has 0 radical (unpaired) electrons. The third-order valence-corrected chi connectivity index (χ3v) is 4.31. The van der Waals surface area contributed by atoms with Gasteiger partial charge in [0.15, 0.2) is 0 Å². The summed E-state index contributed by atoms with van der Waals surface area (Å²) in [7, 11) is 1.51. The molecule has 1 aliphatic heterocycles. The van der Waals surface area contributed by atoms with Gasteiger partial charge in [-0.1, -0.05) is 18.2 Å². The van der Waals surface area contributed by atoms with Gasteiger partial charge in [-0.15, -0.1) is 0 Å². The van der Waals surface area contributed by atoms with E-state index in [1.165, 1.54) is 7.11 Å². The number of nitrogens with zero attached hydrogens (tertiary/aromatic N) is 1. The molecule has 0 atom stereocenters. The van der Waals surface area contributed by atoms with Crippen molar-refractivity contribution in [1.29, 1.82) is 0 Å². The number of rotatable bonds is 4. The summed E-state index contributed by atoms with van der Waals surface area (Å²) in [5.74, 6) is -0.995. The Balaban J connectivity index is 1.72. The number of ether oxygens (including phenoxy) is 2. The number of nitrogens with one attached hydrogen (secondary N) is 2. The van der Waals surface area contributed by atoms with Gasteiger partial charge in [0, 0.05) is 13.1 Å². The van der Waals surface area contributed by atoms with Crippen molar-refractivity contribution in [2.75, 3.05) is 48.9 Å². The van der Waals surface area contributed by atoms with Gasteiger partial charge in [-0.05, 0) is 36.8 Å². The Morgan fingerprint density at radius 2 is 1.67 bits per heavy atom. The summed E-state index contributed by atoms with van der Waals surface area (Å²) in [6.45, 7) is 4.64. The number of hydrogen-bond donors (Lipinski definition) is 2. The maximum Gasteiger partial charge on any atom is 0.314 e. The van der Waals surface area contributed by atoms with E-state index in [0.717, 1.165) is 24.3 Å². The second-order valence-corrected chi connectivity index (χ2v) is 6.23. The van der Waals surface area contributed by atoms with Gasteiger partial charge in [-0.3, -0.25) is 9.59 Å². The van der Waals surface area contributed by atoms with E-state index in [9.17, 15) is 9.59 Å². The van der Waals surface area contributed by atoms with Crippen LogP contribution < -0.4 is 20.3 Å². The topological polar surface area (TPSA) is 79.9 Å². The van der Waals surface area contributed by atoms with Crippen LogP contribution in [0, 0.1) is 6.92 Å². The fourth-order valence-electron chi connectivity index (χ4n) is 2.94. The van der Waals surface area contributed by atoms with Crippen molar-refractivity contribution in [2.24, 2.45) is 0 Å². The Kier molecular flexibility index (Phi) is 5.93. The summed E-state index contributed by atoms with van der Waals surface area (Å²) in [5.41, 5.74) is 2.87. The van der Waals surface area contributed by atoms with Crippen LogP contribution in [0.25, 0.3) is 0 Å². The lowest BCUT2D eigenvalue weighted by Crippen LogP contribution is -2.37. The SMILES string of the molecule is COc1ccc(C)cc1NC(=O)C(=O)Nc1ccccc1N1CCOCC1. The van der Waals surface area contributed by atoms with Crippen LogP contribution in [0.4, 0.5) is 17.1 Å². The van der Waals surface area contributed by atoms with Crippen LogP contribution in [0.2, 0.25) is 0 Å². The van der Waals surface area contributed by atoms with Gasteiger partial charge in [-0.2, -0.15) is 0 Å². The molecule has 1 aliphatic rings. The summed E-state index contributed by atoms with van der Waals surface area (Å²) < 4.78 is 10.6. The number of methoxy groups -OCH3 is 1. The summed E-state index contributed by atoms with van der Waals surface area (Å²) >= 11 is 0. The lowest BCUT2D eigenvalue weighted by molar-refractivity contribution is -0.133. The first kappa shape index (κ1) is 18.7. The van der Waals surface area contributed by atoms with Crippen LogP contribution in [-0.2, 0) is 14.3 Å². The van der Waals surface area contributed by atoms with Crippen molar-refractivity contribution in [3.63, 3.8) is 0 Å². The highest BCUT2D eigenvalue weighted by atomic mass is 16.5. The number of carbonyl (C=O) groups excluding carboxylic acids is 2. The van der Waals surface area contributed by atoms with Crippen LogP contribution in [-0.4, -0.2) is 45.2 Å². The molecule has 2 N–H and O–H groups in total. The lowest BCUT2D eigenvalue weighted by atomic mass is 10.2. The van der Waals surface area contributed by atoms with E-state index < -0.39 is 11.8 Å². The molecule has 1 fully saturated rings. The van der Waals surface area contributed by atoms with E-state index in [1.807, 2.05) is 31.2 Å². The van der Waals surface area contributed by atoms with Gasteiger partial charge in [0.05, 0.1) is 37.4 Å². The Labute approximate surface area is 158 Å². The quantitative estimate of drug-likeness (QED) is 0.809. The van der Waals surface area contributed by atoms with Crippen molar-refractivity contribution in [3.8, 4) is 5.75 Å². The van der Waals surface area contributed by atoms with Crippen molar-refractivity contribution < 1.29 is 19.1 Å². The number of hydrogen-bond acceptors (Lipinski definition) is 5. The minimum atomic E-state index is -0.754. The number of aryl methyl sites for hydroxylation is 1. The highest BCUT2D eigenvalue weighted by Gasteiger charge is 2.20. The third-order valence-electron chi connectivity index (χ3n) is 4.31. The van der Waals surface area contributed by atoms with E-state index in [1.54, 1.807) is 18.2 Å². The smallest absolute Gasteiger partial charge is 0.314 e. The molecule has 7 nitrogen and oxygen atoms in total. The minimum absolute atomic E-state index is 0.458. The lowest BCUT2D eigenvalue weighted by Gasteiger charge is -2.30. The van der Waals surface area contributed by atoms with Crippen molar-refractivity contribution in [2.45, 2.75) is 6.92 Å². The molecule has 0 bridgehead atoms. The standard InChI is InChI=1S/C20H23N3O4/c1-14-7-8-18(26-2)16(13-14)22-20(25)19(24)21-15-5-3-4-6-17(15)23-9-11-27-12-10-23/h3-8,13H,9-12H2,1-2H3,(H,21,24)(H,22,25). The van der Waals surface area contributed by atoms with Crippen molar-refractivity contribution in [1.82, 2.24) is 0 Å². The summed E-state index contributed by atoms with van der Waals surface area (Å²) in [5, 5.41) is 5.32. The average molecular weight is 369 g/mol. The Bertz CT molecular complexity index is 832. The second-order valence-electron chi connectivity index (χ2n) is 6.23. The number of anilines is 3. The molecule has 0 spiro atoms. The van der Waals surface area contributed by atoms with Gasteiger partial charge in [0.2, 0.25) is 0 Å². The molecule has 0 aromatic heterocycles. The van der Waals surface area contributed by atoms with Gasteiger partial charge >= 0.3 is 11.8 Å². The van der Waals surface area contributed by atoms with Crippen LogP contribution in [0.5, 0.6) is 5.75 Å². The fraction of sp³-hybridized carbons (Fsp3) is 0.300. The molecule has 142 valence electrons. The number of carbonyl (C=O) groups is 2. The first-order chi connectivity index (χ1) is 13.1. The van der Waals surface area contributed by atoms with Gasteiger partial charge in [-0.25, -0.2) is 0 Å². The molecule has 2 aromatic carbocycles. The van der Waals surface area contributed by atoms with Crippen LogP contribution >= 0.6 is 0 Å². The summed E-state index contributed by atoms with van der Waals surface area (Å²) in [4.78, 5) is 26.9. The van der Waals surface area contributed by atoms with Crippen molar-refractivity contribution >= 4 is 28.9 Å². The molecule has 1 saturated heterocycles. The second kappa shape index (κ2) is 8.55. The molecule has 27 heavy (non-hydrogen) atoms. The summed E-state index contributed by atoms with van der Waals surface area (Å²) in [6, 6.07) is 12.8. The van der Waals surface area contributed by atoms with Crippen LogP contribution in [0.1, 0.15) is 5.56 Å².